The van der Waals surface area contributed by atoms with Gasteiger partial charge in [-0.05, 0) is 20.8 Å². The molecule has 4 nitrogen and oxygen atoms in total. The van der Waals surface area contributed by atoms with Crippen LogP contribution in [0.5, 0.6) is 0 Å². The topological polar surface area (TPSA) is 55.8 Å². The number of Topliss-reactive ketones (excluding diaryl/α,β-unsaturated/α-hetero) is 1. The summed E-state index contributed by atoms with van der Waals surface area (Å²) in [5, 5.41) is 8.97. The van der Waals surface area contributed by atoms with Crippen LogP contribution in [0.1, 0.15) is 27.2 Å². The van der Waals surface area contributed by atoms with Gasteiger partial charge in [0.1, 0.15) is 5.78 Å². The molecule has 0 spiro atoms. The number of carbonyl (C=O) groups excluding carboxylic acids is 1. The van der Waals surface area contributed by atoms with Gasteiger partial charge in [-0.2, -0.15) is 0 Å². The van der Waals surface area contributed by atoms with E-state index in [1.54, 1.807) is 13.8 Å². The Bertz CT molecular complexity index is 144. The molecule has 0 atom stereocenters. The molecule has 4 heteroatoms. The fourth-order valence-electron chi connectivity index (χ4n) is 1.05. The molecule has 0 aromatic heterocycles. The molecule has 1 fully saturated rings. The summed E-state index contributed by atoms with van der Waals surface area (Å²) in [7, 11) is 0. The van der Waals surface area contributed by atoms with Gasteiger partial charge in [-0.1, -0.05) is 0 Å². The third-order valence-electron chi connectivity index (χ3n) is 1.43. The molecular weight excluding hydrogens is 184 g/mol. The molecule has 0 aromatic carbocycles. The zero-order valence-electron chi connectivity index (χ0n) is 9.21. The van der Waals surface area contributed by atoms with Crippen LogP contribution in [0, 0.1) is 0 Å². The van der Waals surface area contributed by atoms with Gasteiger partial charge in [-0.25, -0.2) is 0 Å². The highest BCUT2D eigenvalue weighted by atomic mass is 16.6. The summed E-state index contributed by atoms with van der Waals surface area (Å²) < 4.78 is 9.89. The Morgan fingerprint density at radius 1 is 1.21 bits per heavy atom. The second-order valence-corrected chi connectivity index (χ2v) is 3.92. The fraction of sp³-hybridized carbons (Fsp3) is 0.900. The van der Waals surface area contributed by atoms with Crippen molar-refractivity contribution in [3.63, 3.8) is 0 Å². The van der Waals surface area contributed by atoms with Crippen molar-refractivity contribution in [2.24, 2.45) is 0 Å². The van der Waals surface area contributed by atoms with Crippen molar-refractivity contribution in [1.29, 1.82) is 0 Å². The van der Waals surface area contributed by atoms with Crippen molar-refractivity contribution >= 4 is 5.78 Å². The lowest BCUT2D eigenvalue weighted by atomic mass is 10.0. The van der Waals surface area contributed by atoms with Gasteiger partial charge in [0.15, 0.2) is 0 Å². The summed E-state index contributed by atoms with van der Waals surface area (Å²) in [6.07, 6.45) is 0.243. The lowest BCUT2D eigenvalue weighted by molar-refractivity contribution is -0.120. The molecule has 84 valence electrons. The Labute approximate surface area is 85.2 Å². The highest BCUT2D eigenvalue weighted by molar-refractivity contribution is 5.76. The predicted octanol–water partition coefficient (Wildman–Crippen LogP) is 0.770. The largest absolute Gasteiger partial charge is 0.390 e. The molecule has 14 heavy (non-hydrogen) atoms. The molecule has 1 saturated heterocycles. The molecule has 0 aliphatic carbocycles. The van der Waals surface area contributed by atoms with Crippen LogP contribution >= 0.6 is 0 Å². The number of aliphatic hydroxyl groups is 1. The number of ether oxygens (including phenoxy) is 2. The Morgan fingerprint density at radius 2 is 1.57 bits per heavy atom. The summed E-state index contributed by atoms with van der Waals surface area (Å²) in [4.78, 5) is 10.3. The number of carbonyl (C=O) groups is 1. The number of ketones is 1. The van der Waals surface area contributed by atoms with Crippen LogP contribution in [-0.2, 0) is 14.3 Å². The average Bonchev–Trinajstić information content (AvgIpc) is 2.03. The van der Waals surface area contributed by atoms with Crippen molar-refractivity contribution in [2.45, 2.75) is 32.8 Å². The highest BCUT2D eigenvalue weighted by Crippen LogP contribution is 2.06. The predicted molar refractivity (Wildman–Crippen MR) is 53.2 cm³/mol. The summed E-state index contributed by atoms with van der Waals surface area (Å²) in [5.74, 6) is 0.0255. The quantitative estimate of drug-likeness (QED) is 0.722. The van der Waals surface area contributed by atoms with E-state index in [0.29, 0.717) is 0 Å². The van der Waals surface area contributed by atoms with E-state index in [0.717, 1.165) is 26.4 Å². The van der Waals surface area contributed by atoms with E-state index < -0.39 is 5.60 Å². The van der Waals surface area contributed by atoms with Crippen molar-refractivity contribution in [1.82, 2.24) is 0 Å². The number of hydrogen-bond acceptors (Lipinski definition) is 4. The van der Waals surface area contributed by atoms with Crippen molar-refractivity contribution < 1.29 is 19.4 Å². The third-order valence-corrected chi connectivity index (χ3v) is 1.43. The van der Waals surface area contributed by atoms with E-state index in [1.165, 1.54) is 6.92 Å². The molecule has 1 N–H and O–H groups in total. The maximum atomic E-state index is 10.3. The molecule has 0 aromatic rings. The molecule has 1 aliphatic rings. The molecule has 0 bridgehead atoms. The minimum Gasteiger partial charge on any atom is -0.390 e. The van der Waals surface area contributed by atoms with E-state index in [9.17, 15) is 4.79 Å². The molecule has 1 heterocycles. The Balaban J connectivity index is 0.000000249. The molecule has 0 saturated carbocycles. The van der Waals surface area contributed by atoms with Gasteiger partial charge in [0.2, 0.25) is 0 Å². The molecular formula is C10H20O4. The fourth-order valence-corrected chi connectivity index (χ4v) is 1.05. The van der Waals surface area contributed by atoms with Gasteiger partial charge in [-0.15, -0.1) is 0 Å². The van der Waals surface area contributed by atoms with Crippen LogP contribution < -0.4 is 0 Å². The normalized spacial score (nSPS) is 16.9. The van der Waals surface area contributed by atoms with Crippen molar-refractivity contribution in [3.8, 4) is 0 Å². The van der Waals surface area contributed by atoms with E-state index in [1.807, 2.05) is 0 Å². The van der Waals surface area contributed by atoms with Crippen LogP contribution in [0.3, 0.4) is 0 Å². The second-order valence-electron chi connectivity index (χ2n) is 3.92. The van der Waals surface area contributed by atoms with Crippen molar-refractivity contribution in [3.05, 3.63) is 0 Å². The SMILES string of the molecule is C1COCCO1.CC(=O)CC(C)(C)O. The molecule has 1 rings (SSSR count). The van der Waals surface area contributed by atoms with Crippen LogP contribution in [-0.4, -0.2) is 42.9 Å². The summed E-state index contributed by atoms with van der Waals surface area (Å²) in [6.45, 7) is 7.82. The molecule has 0 radical (unpaired) electrons. The smallest absolute Gasteiger partial charge is 0.132 e. The zero-order valence-corrected chi connectivity index (χ0v) is 9.21. The maximum Gasteiger partial charge on any atom is 0.132 e. The lowest BCUT2D eigenvalue weighted by Gasteiger charge is -2.13. The van der Waals surface area contributed by atoms with Gasteiger partial charge in [0.25, 0.3) is 0 Å². The molecule has 0 unspecified atom stereocenters. The van der Waals surface area contributed by atoms with Gasteiger partial charge in [-0.3, -0.25) is 4.79 Å². The first-order valence-electron chi connectivity index (χ1n) is 4.79. The Kier molecular flexibility index (Phi) is 6.70. The van der Waals surface area contributed by atoms with E-state index in [2.05, 4.69) is 0 Å². The first-order chi connectivity index (χ1) is 6.42. The summed E-state index contributed by atoms with van der Waals surface area (Å²) >= 11 is 0. The van der Waals surface area contributed by atoms with Crippen LogP contribution in [0.25, 0.3) is 0 Å². The summed E-state index contributed by atoms with van der Waals surface area (Å²) in [5.41, 5.74) is -0.828. The monoisotopic (exact) mass is 204 g/mol. The maximum absolute atomic E-state index is 10.3. The molecule has 1 aliphatic heterocycles. The minimum atomic E-state index is -0.828. The van der Waals surface area contributed by atoms with Crippen molar-refractivity contribution in [2.75, 3.05) is 26.4 Å². The zero-order chi connectivity index (χ0) is 11.0. The number of rotatable bonds is 2. The van der Waals surface area contributed by atoms with Gasteiger partial charge < -0.3 is 14.6 Å². The summed E-state index contributed by atoms with van der Waals surface area (Å²) in [6, 6.07) is 0. The van der Waals surface area contributed by atoms with E-state index in [-0.39, 0.29) is 12.2 Å². The number of hydrogen-bond donors (Lipinski definition) is 1. The first-order valence-corrected chi connectivity index (χ1v) is 4.79. The third kappa shape index (κ3) is 11.6. The van der Waals surface area contributed by atoms with Gasteiger partial charge >= 0.3 is 0 Å². The lowest BCUT2D eigenvalue weighted by Crippen LogP contribution is -2.21. The first kappa shape index (κ1) is 13.5. The Hall–Kier alpha value is -0.450. The van der Waals surface area contributed by atoms with Gasteiger partial charge in [0.05, 0.1) is 32.0 Å². The van der Waals surface area contributed by atoms with Crippen LogP contribution in [0.15, 0.2) is 0 Å². The highest BCUT2D eigenvalue weighted by Gasteiger charge is 2.13. The van der Waals surface area contributed by atoms with Gasteiger partial charge in [0, 0.05) is 6.42 Å². The molecule has 0 amide bonds. The standard InChI is InChI=1S/C6H12O2.C4H8O2/c1-5(7)4-6(2,3)8;1-2-6-4-3-5-1/h8H,4H2,1-3H3;1-4H2. The van der Waals surface area contributed by atoms with E-state index >= 15 is 0 Å². The Morgan fingerprint density at radius 3 is 1.64 bits per heavy atom. The van der Waals surface area contributed by atoms with Crippen LogP contribution in [0.2, 0.25) is 0 Å². The minimum absolute atomic E-state index is 0.0255. The van der Waals surface area contributed by atoms with Crippen LogP contribution in [0.4, 0.5) is 0 Å². The second kappa shape index (κ2) is 6.92. The average molecular weight is 204 g/mol. The van der Waals surface area contributed by atoms with E-state index in [4.69, 9.17) is 14.6 Å².